The standard InChI is InChI=1S/C22H25NO5/c1-15-3-6-20(11-16(15)2)28-10-9-27-19-7-4-17(5-8-19)13-23-14-18(22(25)26)12-21(23)24/h3-8,11,18H,9-10,12-14H2,1-2H3,(H,25,26). The van der Waals surface area contributed by atoms with Crippen molar-refractivity contribution < 1.29 is 24.2 Å². The fraction of sp³-hybridized carbons (Fsp3) is 0.364. The van der Waals surface area contributed by atoms with E-state index in [0.29, 0.717) is 19.8 Å². The van der Waals surface area contributed by atoms with Gasteiger partial charge in [0.15, 0.2) is 0 Å². The summed E-state index contributed by atoms with van der Waals surface area (Å²) in [5.41, 5.74) is 3.37. The average Bonchev–Trinajstić information content (AvgIpc) is 3.04. The molecule has 1 atom stereocenters. The quantitative estimate of drug-likeness (QED) is 0.709. The first kappa shape index (κ1) is 19.7. The van der Waals surface area contributed by atoms with Gasteiger partial charge in [-0.1, -0.05) is 18.2 Å². The summed E-state index contributed by atoms with van der Waals surface area (Å²) in [7, 11) is 0. The smallest absolute Gasteiger partial charge is 0.308 e. The first-order valence-electron chi connectivity index (χ1n) is 9.35. The molecule has 0 bridgehead atoms. The van der Waals surface area contributed by atoms with Gasteiger partial charge in [0.05, 0.1) is 5.92 Å². The highest BCUT2D eigenvalue weighted by Gasteiger charge is 2.33. The lowest BCUT2D eigenvalue weighted by atomic mass is 10.1. The predicted octanol–water partition coefficient (Wildman–Crippen LogP) is 3.19. The number of aryl methyl sites for hydroxylation is 2. The number of carboxylic acid groups (broad SMARTS) is 1. The maximum absolute atomic E-state index is 11.9. The van der Waals surface area contributed by atoms with Gasteiger partial charge in [-0.15, -0.1) is 0 Å². The molecule has 1 amide bonds. The van der Waals surface area contributed by atoms with Crippen LogP contribution in [0, 0.1) is 19.8 Å². The molecule has 3 rings (SSSR count). The second-order valence-corrected chi connectivity index (χ2v) is 7.10. The summed E-state index contributed by atoms with van der Waals surface area (Å²) in [4.78, 5) is 24.5. The summed E-state index contributed by atoms with van der Waals surface area (Å²) < 4.78 is 11.4. The topological polar surface area (TPSA) is 76.1 Å². The van der Waals surface area contributed by atoms with E-state index in [1.807, 2.05) is 42.5 Å². The lowest BCUT2D eigenvalue weighted by Gasteiger charge is -2.16. The van der Waals surface area contributed by atoms with Crippen molar-refractivity contribution in [2.45, 2.75) is 26.8 Å². The van der Waals surface area contributed by atoms with Gasteiger partial charge in [0.25, 0.3) is 0 Å². The van der Waals surface area contributed by atoms with E-state index in [1.54, 1.807) is 4.90 Å². The number of carbonyl (C=O) groups is 2. The number of nitrogens with zero attached hydrogens (tertiary/aromatic N) is 1. The van der Waals surface area contributed by atoms with Crippen molar-refractivity contribution in [1.82, 2.24) is 4.90 Å². The van der Waals surface area contributed by atoms with Crippen LogP contribution in [0.1, 0.15) is 23.1 Å². The van der Waals surface area contributed by atoms with Gasteiger partial charge in [-0.25, -0.2) is 0 Å². The molecule has 0 aromatic heterocycles. The second kappa shape index (κ2) is 8.78. The Hall–Kier alpha value is -3.02. The van der Waals surface area contributed by atoms with Gasteiger partial charge in [0.1, 0.15) is 24.7 Å². The largest absolute Gasteiger partial charge is 0.490 e. The molecule has 1 unspecified atom stereocenters. The molecule has 1 N–H and O–H groups in total. The first-order chi connectivity index (χ1) is 13.4. The number of benzene rings is 2. The summed E-state index contributed by atoms with van der Waals surface area (Å²) in [6, 6.07) is 13.5. The Kier molecular flexibility index (Phi) is 6.19. The molecule has 1 fully saturated rings. The lowest BCUT2D eigenvalue weighted by molar-refractivity contribution is -0.141. The number of rotatable bonds is 8. The van der Waals surface area contributed by atoms with E-state index in [4.69, 9.17) is 14.6 Å². The van der Waals surface area contributed by atoms with Gasteiger partial charge in [0, 0.05) is 19.5 Å². The Balaban J connectivity index is 1.43. The predicted molar refractivity (Wildman–Crippen MR) is 105 cm³/mol. The molecule has 2 aromatic rings. The van der Waals surface area contributed by atoms with Crippen LogP contribution in [-0.4, -0.2) is 41.6 Å². The molecule has 0 radical (unpaired) electrons. The van der Waals surface area contributed by atoms with E-state index in [2.05, 4.69) is 13.8 Å². The molecule has 1 saturated heterocycles. The van der Waals surface area contributed by atoms with Crippen molar-refractivity contribution in [2.75, 3.05) is 19.8 Å². The fourth-order valence-electron chi connectivity index (χ4n) is 3.12. The highest BCUT2D eigenvalue weighted by molar-refractivity contribution is 5.86. The number of ether oxygens (including phenoxy) is 2. The number of hydrogen-bond donors (Lipinski definition) is 1. The molecule has 6 heteroatoms. The third-order valence-corrected chi connectivity index (χ3v) is 4.96. The Morgan fingerprint density at radius 3 is 2.29 bits per heavy atom. The van der Waals surface area contributed by atoms with Crippen LogP contribution in [0.3, 0.4) is 0 Å². The van der Waals surface area contributed by atoms with E-state index in [0.717, 1.165) is 17.1 Å². The minimum atomic E-state index is -0.914. The summed E-state index contributed by atoms with van der Waals surface area (Å²) in [6.45, 7) is 5.68. The van der Waals surface area contributed by atoms with Crippen LogP contribution in [0.4, 0.5) is 0 Å². The number of likely N-dealkylation sites (tertiary alicyclic amines) is 1. The molecule has 0 spiro atoms. The zero-order chi connectivity index (χ0) is 20.1. The van der Waals surface area contributed by atoms with E-state index >= 15 is 0 Å². The van der Waals surface area contributed by atoms with Crippen LogP contribution in [0.5, 0.6) is 11.5 Å². The van der Waals surface area contributed by atoms with E-state index in [-0.39, 0.29) is 18.9 Å². The van der Waals surface area contributed by atoms with Gasteiger partial charge in [-0.3, -0.25) is 9.59 Å². The minimum absolute atomic E-state index is 0.0804. The molecule has 2 aromatic carbocycles. The van der Waals surface area contributed by atoms with Crippen molar-refractivity contribution in [3.8, 4) is 11.5 Å². The average molecular weight is 383 g/mol. The van der Waals surface area contributed by atoms with Gasteiger partial charge < -0.3 is 19.5 Å². The van der Waals surface area contributed by atoms with Crippen LogP contribution in [0.2, 0.25) is 0 Å². The molecule has 1 heterocycles. The van der Waals surface area contributed by atoms with Gasteiger partial charge in [0.2, 0.25) is 5.91 Å². The lowest BCUT2D eigenvalue weighted by Crippen LogP contribution is -2.25. The maximum Gasteiger partial charge on any atom is 0.308 e. The van der Waals surface area contributed by atoms with Crippen molar-refractivity contribution in [3.63, 3.8) is 0 Å². The minimum Gasteiger partial charge on any atom is -0.490 e. The third kappa shape index (κ3) is 5.03. The second-order valence-electron chi connectivity index (χ2n) is 7.10. The van der Waals surface area contributed by atoms with Gasteiger partial charge in [-0.2, -0.15) is 0 Å². The summed E-state index contributed by atoms with van der Waals surface area (Å²) in [5.74, 6) is -0.0770. The van der Waals surface area contributed by atoms with E-state index in [9.17, 15) is 9.59 Å². The summed E-state index contributed by atoms with van der Waals surface area (Å²) >= 11 is 0. The Bertz CT molecular complexity index is 847. The highest BCUT2D eigenvalue weighted by atomic mass is 16.5. The summed E-state index contributed by atoms with van der Waals surface area (Å²) in [6.07, 6.45) is 0.0804. The molecule has 0 saturated carbocycles. The van der Waals surface area contributed by atoms with Crippen LogP contribution < -0.4 is 9.47 Å². The van der Waals surface area contributed by atoms with Crippen molar-refractivity contribution in [1.29, 1.82) is 0 Å². The van der Waals surface area contributed by atoms with Gasteiger partial charge in [-0.05, 0) is 54.8 Å². The molecule has 1 aliphatic rings. The molecule has 1 aliphatic heterocycles. The number of aliphatic carboxylic acids is 1. The van der Waals surface area contributed by atoms with Crippen molar-refractivity contribution >= 4 is 11.9 Å². The molecular weight excluding hydrogens is 358 g/mol. The summed E-state index contributed by atoms with van der Waals surface area (Å²) in [5, 5.41) is 9.05. The first-order valence-corrected chi connectivity index (χ1v) is 9.35. The zero-order valence-electron chi connectivity index (χ0n) is 16.2. The highest BCUT2D eigenvalue weighted by Crippen LogP contribution is 2.21. The van der Waals surface area contributed by atoms with Crippen LogP contribution in [0.15, 0.2) is 42.5 Å². The Morgan fingerprint density at radius 1 is 1.04 bits per heavy atom. The van der Waals surface area contributed by atoms with E-state index < -0.39 is 11.9 Å². The van der Waals surface area contributed by atoms with Crippen LogP contribution >= 0.6 is 0 Å². The van der Waals surface area contributed by atoms with Gasteiger partial charge >= 0.3 is 5.97 Å². The fourth-order valence-corrected chi connectivity index (χ4v) is 3.12. The number of carboxylic acids is 1. The SMILES string of the molecule is Cc1ccc(OCCOc2ccc(CN3CC(C(=O)O)CC3=O)cc2)cc1C. The number of hydrogen-bond acceptors (Lipinski definition) is 4. The number of amides is 1. The zero-order valence-corrected chi connectivity index (χ0v) is 16.2. The Labute approximate surface area is 164 Å². The molecule has 6 nitrogen and oxygen atoms in total. The monoisotopic (exact) mass is 383 g/mol. The molecule has 0 aliphatic carbocycles. The van der Waals surface area contributed by atoms with Crippen molar-refractivity contribution in [2.24, 2.45) is 5.92 Å². The Morgan fingerprint density at radius 2 is 1.68 bits per heavy atom. The maximum atomic E-state index is 11.9. The molecule has 148 valence electrons. The van der Waals surface area contributed by atoms with Crippen LogP contribution in [0.25, 0.3) is 0 Å². The van der Waals surface area contributed by atoms with Crippen LogP contribution in [-0.2, 0) is 16.1 Å². The van der Waals surface area contributed by atoms with E-state index in [1.165, 1.54) is 11.1 Å². The normalized spacial score (nSPS) is 16.3. The third-order valence-electron chi connectivity index (χ3n) is 4.96. The number of carbonyl (C=O) groups excluding carboxylic acids is 1. The van der Waals surface area contributed by atoms with Crippen molar-refractivity contribution in [3.05, 3.63) is 59.2 Å². The molecule has 28 heavy (non-hydrogen) atoms. The molecular formula is C22H25NO5.